The number of nitrogens with one attached hydrogen (secondary N) is 1. The standard InChI is InChI=1S/C21H18FNO2/c1-15-10-12-17(13-11-15)25-20-9-5-4-8-19(20)23-21(24)14-16-6-2-3-7-18(16)22/h2-13H,14H2,1H3,(H,23,24). The molecule has 0 aliphatic carbocycles. The molecule has 1 amide bonds. The maximum Gasteiger partial charge on any atom is 0.229 e. The number of rotatable bonds is 5. The number of para-hydroxylation sites is 2. The lowest BCUT2D eigenvalue weighted by molar-refractivity contribution is -0.115. The first kappa shape index (κ1) is 16.7. The number of halogens is 1. The summed E-state index contributed by atoms with van der Waals surface area (Å²) in [4.78, 5) is 12.3. The number of hydrogen-bond donors (Lipinski definition) is 1. The van der Waals surface area contributed by atoms with Crippen LogP contribution in [0.4, 0.5) is 10.1 Å². The Hall–Kier alpha value is -3.14. The molecule has 0 aliphatic heterocycles. The zero-order valence-electron chi connectivity index (χ0n) is 13.8. The van der Waals surface area contributed by atoms with E-state index < -0.39 is 0 Å². The van der Waals surface area contributed by atoms with Crippen LogP contribution in [-0.4, -0.2) is 5.91 Å². The van der Waals surface area contributed by atoms with E-state index in [2.05, 4.69) is 5.32 Å². The third-order valence-corrected chi connectivity index (χ3v) is 3.72. The zero-order valence-corrected chi connectivity index (χ0v) is 13.8. The molecule has 0 fully saturated rings. The monoisotopic (exact) mass is 335 g/mol. The van der Waals surface area contributed by atoms with Gasteiger partial charge in [-0.1, -0.05) is 48.0 Å². The highest BCUT2D eigenvalue weighted by atomic mass is 19.1. The van der Waals surface area contributed by atoms with Crippen molar-refractivity contribution in [2.45, 2.75) is 13.3 Å². The maximum absolute atomic E-state index is 13.7. The summed E-state index contributed by atoms with van der Waals surface area (Å²) >= 11 is 0. The molecule has 0 saturated carbocycles. The van der Waals surface area contributed by atoms with E-state index in [4.69, 9.17) is 4.74 Å². The molecule has 25 heavy (non-hydrogen) atoms. The summed E-state index contributed by atoms with van der Waals surface area (Å²) in [5, 5.41) is 2.79. The number of hydrogen-bond acceptors (Lipinski definition) is 2. The van der Waals surface area contributed by atoms with E-state index in [9.17, 15) is 9.18 Å². The van der Waals surface area contributed by atoms with Crippen LogP contribution in [0.25, 0.3) is 0 Å². The van der Waals surface area contributed by atoms with Gasteiger partial charge in [0, 0.05) is 0 Å². The van der Waals surface area contributed by atoms with E-state index >= 15 is 0 Å². The Labute approximate surface area is 146 Å². The average Bonchev–Trinajstić information content (AvgIpc) is 2.61. The van der Waals surface area contributed by atoms with Crippen LogP contribution in [0.5, 0.6) is 11.5 Å². The molecule has 3 aromatic carbocycles. The summed E-state index contributed by atoms with van der Waals surface area (Å²) in [6.45, 7) is 2.00. The van der Waals surface area contributed by atoms with Crippen molar-refractivity contribution in [1.82, 2.24) is 0 Å². The third kappa shape index (κ3) is 4.44. The van der Waals surface area contributed by atoms with E-state index in [0.29, 0.717) is 22.7 Å². The molecule has 0 atom stereocenters. The van der Waals surface area contributed by atoms with Gasteiger partial charge in [-0.3, -0.25) is 4.79 Å². The van der Waals surface area contributed by atoms with Gasteiger partial charge in [0.05, 0.1) is 12.1 Å². The minimum Gasteiger partial charge on any atom is -0.455 e. The molecule has 0 saturated heterocycles. The fourth-order valence-corrected chi connectivity index (χ4v) is 2.40. The molecule has 1 N–H and O–H groups in total. The number of amides is 1. The second-order valence-electron chi connectivity index (χ2n) is 5.73. The lowest BCUT2D eigenvalue weighted by Crippen LogP contribution is -2.15. The van der Waals surface area contributed by atoms with Gasteiger partial charge in [0.25, 0.3) is 0 Å². The SMILES string of the molecule is Cc1ccc(Oc2ccccc2NC(=O)Cc2ccccc2F)cc1. The lowest BCUT2D eigenvalue weighted by atomic mass is 10.1. The highest BCUT2D eigenvalue weighted by Gasteiger charge is 2.11. The largest absolute Gasteiger partial charge is 0.455 e. The highest BCUT2D eigenvalue weighted by Crippen LogP contribution is 2.29. The molecule has 0 bridgehead atoms. The predicted molar refractivity (Wildman–Crippen MR) is 96.4 cm³/mol. The zero-order chi connectivity index (χ0) is 17.6. The quantitative estimate of drug-likeness (QED) is 0.704. The van der Waals surface area contributed by atoms with Crippen LogP contribution in [0, 0.1) is 12.7 Å². The Balaban J connectivity index is 1.73. The smallest absolute Gasteiger partial charge is 0.229 e. The van der Waals surface area contributed by atoms with E-state index in [1.807, 2.05) is 37.3 Å². The highest BCUT2D eigenvalue weighted by molar-refractivity contribution is 5.93. The molecule has 0 heterocycles. The fourth-order valence-electron chi connectivity index (χ4n) is 2.40. The Kier molecular flexibility index (Phi) is 5.09. The molecule has 0 spiro atoms. The Bertz CT molecular complexity index is 875. The van der Waals surface area contributed by atoms with Gasteiger partial charge in [0.15, 0.2) is 5.75 Å². The average molecular weight is 335 g/mol. The van der Waals surface area contributed by atoms with Gasteiger partial charge in [0.2, 0.25) is 5.91 Å². The van der Waals surface area contributed by atoms with Crippen LogP contribution in [0.15, 0.2) is 72.8 Å². The van der Waals surface area contributed by atoms with Crippen LogP contribution in [0.3, 0.4) is 0 Å². The van der Waals surface area contributed by atoms with Gasteiger partial charge in [-0.25, -0.2) is 4.39 Å². The van der Waals surface area contributed by atoms with Gasteiger partial charge in [0.1, 0.15) is 11.6 Å². The van der Waals surface area contributed by atoms with Crippen LogP contribution >= 0.6 is 0 Å². The van der Waals surface area contributed by atoms with E-state index in [1.54, 1.807) is 36.4 Å². The predicted octanol–water partition coefficient (Wildman–Crippen LogP) is 5.11. The van der Waals surface area contributed by atoms with E-state index in [1.165, 1.54) is 6.07 Å². The second kappa shape index (κ2) is 7.62. The minimum atomic E-state index is -0.387. The van der Waals surface area contributed by atoms with E-state index in [-0.39, 0.29) is 18.1 Å². The molecule has 4 heteroatoms. The van der Waals surface area contributed by atoms with Crippen molar-refractivity contribution in [3.63, 3.8) is 0 Å². The first-order valence-corrected chi connectivity index (χ1v) is 7.98. The van der Waals surface area contributed by atoms with Crippen molar-refractivity contribution in [2.75, 3.05) is 5.32 Å². The van der Waals surface area contributed by atoms with Crippen molar-refractivity contribution in [3.05, 3.63) is 89.7 Å². The molecule has 3 rings (SSSR count). The molecule has 0 unspecified atom stereocenters. The summed E-state index contributed by atoms with van der Waals surface area (Å²) in [6, 6.07) is 21.1. The van der Waals surface area contributed by atoms with Crippen molar-refractivity contribution < 1.29 is 13.9 Å². The topological polar surface area (TPSA) is 38.3 Å². The fraction of sp³-hybridized carbons (Fsp3) is 0.0952. The summed E-state index contributed by atoms with van der Waals surface area (Å²) < 4.78 is 19.5. The molecule has 3 aromatic rings. The number of ether oxygens (including phenoxy) is 1. The van der Waals surface area contributed by atoms with Crippen LogP contribution < -0.4 is 10.1 Å². The molecule has 126 valence electrons. The Morgan fingerprint density at radius 2 is 1.64 bits per heavy atom. The molecule has 0 aliphatic rings. The molecule has 0 aromatic heterocycles. The van der Waals surface area contributed by atoms with Gasteiger partial charge in [-0.05, 0) is 42.8 Å². The van der Waals surface area contributed by atoms with Gasteiger partial charge in [-0.15, -0.1) is 0 Å². The van der Waals surface area contributed by atoms with Crippen LogP contribution in [-0.2, 0) is 11.2 Å². The maximum atomic E-state index is 13.7. The Morgan fingerprint density at radius 3 is 2.40 bits per heavy atom. The number of aryl methyl sites for hydroxylation is 1. The number of carbonyl (C=O) groups excluding carboxylic acids is 1. The summed E-state index contributed by atoms with van der Waals surface area (Å²) in [7, 11) is 0. The number of carbonyl (C=O) groups is 1. The van der Waals surface area contributed by atoms with Gasteiger partial charge in [-0.2, -0.15) is 0 Å². The molecular weight excluding hydrogens is 317 g/mol. The third-order valence-electron chi connectivity index (χ3n) is 3.72. The van der Waals surface area contributed by atoms with Gasteiger partial charge >= 0.3 is 0 Å². The van der Waals surface area contributed by atoms with Crippen LogP contribution in [0.1, 0.15) is 11.1 Å². The van der Waals surface area contributed by atoms with Crippen molar-refractivity contribution in [1.29, 1.82) is 0 Å². The summed E-state index contributed by atoms with van der Waals surface area (Å²) in [6.07, 6.45) is -0.0362. The van der Waals surface area contributed by atoms with E-state index in [0.717, 1.165) is 5.56 Å². The Morgan fingerprint density at radius 1 is 0.960 bits per heavy atom. The first-order valence-electron chi connectivity index (χ1n) is 7.98. The second-order valence-corrected chi connectivity index (χ2v) is 5.73. The summed E-state index contributed by atoms with van der Waals surface area (Å²) in [5.74, 6) is 0.529. The normalized spacial score (nSPS) is 10.3. The minimum absolute atomic E-state index is 0.0362. The van der Waals surface area contributed by atoms with Crippen molar-refractivity contribution >= 4 is 11.6 Å². The number of benzene rings is 3. The molecule has 0 radical (unpaired) electrons. The summed E-state index contributed by atoms with van der Waals surface area (Å²) in [5.41, 5.74) is 2.04. The molecule has 3 nitrogen and oxygen atoms in total. The number of anilines is 1. The lowest BCUT2D eigenvalue weighted by Gasteiger charge is -2.12. The van der Waals surface area contributed by atoms with Crippen molar-refractivity contribution in [3.8, 4) is 11.5 Å². The van der Waals surface area contributed by atoms with Crippen LogP contribution in [0.2, 0.25) is 0 Å². The van der Waals surface area contributed by atoms with Crippen molar-refractivity contribution in [2.24, 2.45) is 0 Å². The molecular formula is C21H18FNO2. The van der Waals surface area contributed by atoms with Gasteiger partial charge < -0.3 is 10.1 Å². The first-order chi connectivity index (χ1) is 12.1.